The van der Waals surface area contributed by atoms with Crippen molar-refractivity contribution in [2.75, 3.05) is 20.2 Å². The van der Waals surface area contributed by atoms with Gasteiger partial charge in [-0.05, 0) is 67.6 Å². The van der Waals surface area contributed by atoms with Crippen LogP contribution in [0.3, 0.4) is 0 Å². The van der Waals surface area contributed by atoms with Crippen LogP contribution in [0.5, 0.6) is 0 Å². The second kappa shape index (κ2) is 10.1. The van der Waals surface area contributed by atoms with Gasteiger partial charge in [-0.15, -0.1) is 0 Å². The third-order valence-electron chi connectivity index (χ3n) is 6.71. The van der Waals surface area contributed by atoms with E-state index in [1.807, 2.05) is 0 Å². The Morgan fingerprint density at radius 1 is 1.09 bits per heavy atom. The molecule has 35 heavy (non-hydrogen) atoms. The Hall–Kier alpha value is -2.69. The van der Waals surface area contributed by atoms with Gasteiger partial charge in [0.15, 0.2) is 0 Å². The molecule has 3 atom stereocenters. The molecule has 4 rings (SSSR count). The van der Waals surface area contributed by atoms with Crippen molar-refractivity contribution in [3.63, 3.8) is 0 Å². The average Bonchev–Trinajstić information content (AvgIpc) is 3.21. The molecule has 2 aromatic carbocycles. The molecule has 2 amide bonds. The number of amides is 2. The number of rotatable bonds is 6. The molecular weight excluding hydrogens is 494 g/mol. The average molecular weight is 522 g/mol. The Balaban J connectivity index is 1.46. The number of ether oxygens (including phenoxy) is 1. The van der Waals surface area contributed by atoms with E-state index in [1.165, 1.54) is 29.0 Å². The maximum absolute atomic E-state index is 13.2. The fraction of sp³-hybridized carbons (Fsp3) is 0.458. The van der Waals surface area contributed by atoms with E-state index in [0.717, 1.165) is 18.2 Å². The van der Waals surface area contributed by atoms with E-state index in [9.17, 15) is 22.8 Å². The molecule has 1 N–H and O–H groups in total. The number of hydrogen-bond donors (Lipinski definition) is 1. The standard InChI is InChI=1S/C24H28ClN3O6S/c1-15(22(29)28-11-4-3-5-21(28)24(31)34-2)27-12-10-20(23(27)30)26-35(32,33)19-9-7-16-13-18(25)8-6-17(16)14-19/h6-9,13-15,20-21,26H,3-5,10-12H2,1-2H3. The minimum Gasteiger partial charge on any atom is -0.467 e. The van der Waals surface area contributed by atoms with Gasteiger partial charge in [0.2, 0.25) is 21.8 Å². The highest BCUT2D eigenvalue weighted by Gasteiger charge is 2.42. The lowest BCUT2D eigenvalue weighted by molar-refractivity contribution is -0.157. The Kier molecular flexibility index (Phi) is 7.35. The monoisotopic (exact) mass is 521 g/mol. The number of methoxy groups -OCH3 is 1. The van der Waals surface area contributed by atoms with Gasteiger partial charge in [-0.1, -0.05) is 23.7 Å². The SMILES string of the molecule is COC(=O)C1CCCCN1C(=O)C(C)N1CCC(NS(=O)(=O)c2ccc3cc(Cl)ccc3c2)C1=O. The third-order valence-corrected chi connectivity index (χ3v) is 8.41. The van der Waals surface area contributed by atoms with Crippen LogP contribution in [0.4, 0.5) is 0 Å². The minimum absolute atomic E-state index is 0.0388. The first-order valence-corrected chi connectivity index (χ1v) is 13.4. The van der Waals surface area contributed by atoms with Gasteiger partial charge < -0.3 is 14.5 Å². The van der Waals surface area contributed by atoms with Gasteiger partial charge in [0.25, 0.3) is 0 Å². The fourth-order valence-corrected chi connectivity index (χ4v) is 6.20. The normalized spacial score (nSPS) is 21.9. The summed E-state index contributed by atoms with van der Waals surface area (Å²) in [5.74, 6) is -1.28. The van der Waals surface area contributed by atoms with Crippen LogP contribution in [-0.2, 0) is 29.1 Å². The molecule has 188 valence electrons. The Bertz CT molecular complexity index is 1270. The van der Waals surface area contributed by atoms with E-state index >= 15 is 0 Å². The molecule has 0 bridgehead atoms. The molecule has 0 saturated carbocycles. The molecule has 0 spiro atoms. The zero-order valence-corrected chi connectivity index (χ0v) is 21.1. The predicted octanol–water partition coefficient (Wildman–Crippen LogP) is 2.32. The van der Waals surface area contributed by atoms with Crippen molar-refractivity contribution in [3.05, 3.63) is 41.4 Å². The first kappa shape index (κ1) is 25.4. The van der Waals surface area contributed by atoms with Crippen LogP contribution in [0.2, 0.25) is 5.02 Å². The molecule has 2 fully saturated rings. The van der Waals surface area contributed by atoms with Crippen molar-refractivity contribution in [1.29, 1.82) is 0 Å². The number of halogens is 1. The molecule has 0 radical (unpaired) electrons. The van der Waals surface area contributed by atoms with Gasteiger partial charge in [0.1, 0.15) is 18.1 Å². The van der Waals surface area contributed by atoms with E-state index in [-0.39, 0.29) is 23.8 Å². The molecule has 11 heteroatoms. The molecule has 2 heterocycles. The lowest BCUT2D eigenvalue weighted by Gasteiger charge is -2.37. The quantitative estimate of drug-likeness (QED) is 0.584. The Morgan fingerprint density at radius 3 is 2.54 bits per heavy atom. The molecule has 2 aromatic rings. The molecule has 2 aliphatic rings. The molecule has 9 nitrogen and oxygen atoms in total. The first-order chi connectivity index (χ1) is 16.6. The zero-order chi connectivity index (χ0) is 25.3. The molecule has 0 aromatic heterocycles. The van der Waals surface area contributed by atoms with E-state index in [1.54, 1.807) is 31.2 Å². The number of esters is 1. The highest BCUT2D eigenvalue weighted by molar-refractivity contribution is 7.89. The van der Waals surface area contributed by atoms with Crippen molar-refractivity contribution in [2.45, 2.75) is 55.6 Å². The highest BCUT2D eigenvalue weighted by Crippen LogP contribution is 2.25. The first-order valence-electron chi connectivity index (χ1n) is 11.5. The van der Waals surface area contributed by atoms with Crippen LogP contribution in [0, 0.1) is 0 Å². The number of likely N-dealkylation sites (tertiary alicyclic amines) is 2. The molecule has 2 saturated heterocycles. The summed E-state index contributed by atoms with van der Waals surface area (Å²) in [6, 6.07) is 7.33. The number of benzene rings is 2. The summed E-state index contributed by atoms with van der Waals surface area (Å²) in [7, 11) is -2.69. The number of carbonyl (C=O) groups is 3. The summed E-state index contributed by atoms with van der Waals surface area (Å²) in [5.41, 5.74) is 0. The van der Waals surface area contributed by atoms with Crippen LogP contribution < -0.4 is 4.72 Å². The summed E-state index contributed by atoms with van der Waals surface area (Å²) in [6.07, 6.45) is 2.32. The van der Waals surface area contributed by atoms with Crippen LogP contribution in [-0.4, -0.2) is 74.3 Å². The van der Waals surface area contributed by atoms with Crippen LogP contribution >= 0.6 is 11.6 Å². The van der Waals surface area contributed by atoms with Gasteiger partial charge in [-0.2, -0.15) is 4.72 Å². The van der Waals surface area contributed by atoms with Gasteiger partial charge >= 0.3 is 5.97 Å². The minimum atomic E-state index is -3.98. The van der Waals surface area contributed by atoms with E-state index < -0.39 is 40.0 Å². The van der Waals surface area contributed by atoms with Crippen molar-refractivity contribution < 1.29 is 27.5 Å². The lowest BCUT2D eigenvalue weighted by Crippen LogP contribution is -2.56. The maximum Gasteiger partial charge on any atom is 0.328 e. The second-order valence-electron chi connectivity index (χ2n) is 8.89. The van der Waals surface area contributed by atoms with Crippen LogP contribution in [0.25, 0.3) is 10.8 Å². The van der Waals surface area contributed by atoms with Crippen molar-refractivity contribution in [3.8, 4) is 0 Å². The smallest absolute Gasteiger partial charge is 0.328 e. The van der Waals surface area contributed by atoms with Crippen LogP contribution in [0.1, 0.15) is 32.6 Å². The van der Waals surface area contributed by atoms with Gasteiger partial charge in [0, 0.05) is 18.1 Å². The van der Waals surface area contributed by atoms with Gasteiger partial charge in [-0.25, -0.2) is 13.2 Å². The van der Waals surface area contributed by atoms with Crippen molar-refractivity contribution in [2.24, 2.45) is 0 Å². The molecule has 0 aliphatic carbocycles. The number of nitrogens with one attached hydrogen (secondary N) is 1. The van der Waals surface area contributed by atoms with E-state index in [4.69, 9.17) is 16.3 Å². The third kappa shape index (κ3) is 5.14. The van der Waals surface area contributed by atoms with E-state index in [0.29, 0.717) is 23.4 Å². The summed E-state index contributed by atoms with van der Waals surface area (Å²) in [5, 5.41) is 2.06. The second-order valence-corrected chi connectivity index (χ2v) is 11.0. The van der Waals surface area contributed by atoms with Crippen molar-refractivity contribution in [1.82, 2.24) is 14.5 Å². The molecular formula is C24H28ClN3O6S. The van der Waals surface area contributed by atoms with Gasteiger partial charge in [0.05, 0.1) is 12.0 Å². The van der Waals surface area contributed by atoms with E-state index in [2.05, 4.69) is 4.72 Å². The molecule has 2 aliphatic heterocycles. The lowest BCUT2D eigenvalue weighted by atomic mass is 10.0. The summed E-state index contributed by atoms with van der Waals surface area (Å²) in [4.78, 5) is 41.3. The number of piperidine rings is 1. The summed E-state index contributed by atoms with van der Waals surface area (Å²) >= 11 is 6.00. The highest BCUT2D eigenvalue weighted by atomic mass is 35.5. The molecule has 3 unspecified atom stereocenters. The largest absolute Gasteiger partial charge is 0.467 e. The number of sulfonamides is 1. The van der Waals surface area contributed by atoms with Crippen molar-refractivity contribution >= 4 is 50.2 Å². The number of nitrogens with zero attached hydrogens (tertiary/aromatic N) is 2. The fourth-order valence-electron chi connectivity index (χ4n) is 4.76. The summed E-state index contributed by atoms with van der Waals surface area (Å²) < 4.78 is 33.4. The Labute approximate surface area is 209 Å². The summed E-state index contributed by atoms with van der Waals surface area (Å²) in [6.45, 7) is 2.24. The Morgan fingerprint density at radius 2 is 1.80 bits per heavy atom. The predicted molar refractivity (Wildman–Crippen MR) is 130 cm³/mol. The number of hydrogen-bond acceptors (Lipinski definition) is 6. The zero-order valence-electron chi connectivity index (χ0n) is 19.6. The van der Waals surface area contributed by atoms with Gasteiger partial charge in [-0.3, -0.25) is 9.59 Å². The maximum atomic E-state index is 13.2. The topological polar surface area (TPSA) is 113 Å². The number of carbonyl (C=O) groups excluding carboxylic acids is 3. The van der Waals surface area contributed by atoms with Crippen LogP contribution in [0.15, 0.2) is 41.3 Å². The number of fused-ring (bicyclic) bond motifs is 1.